The van der Waals surface area contributed by atoms with Crippen LogP contribution in [0.3, 0.4) is 0 Å². The molecule has 2 fully saturated rings. The minimum absolute atomic E-state index is 0.104. The molecule has 0 saturated carbocycles. The minimum Gasteiger partial charge on any atom is -0.398 e. The van der Waals surface area contributed by atoms with Crippen LogP contribution >= 0.6 is 12.2 Å². The molecule has 0 radical (unpaired) electrons. The highest BCUT2D eigenvalue weighted by Crippen LogP contribution is 2.58. The summed E-state index contributed by atoms with van der Waals surface area (Å²) in [4.78, 5) is 10.6. The molecule has 2 aromatic rings. The normalized spacial score (nSPS) is 32.0. The third-order valence-electron chi connectivity index (χ3n) is 6.57. The molecule has 1 aromatic heterocycles. The molecule has 5 heteroatoms. The van der Waals surface area contributed by atoms with Crippen molar-refractivity contribution in [2.24, 2.45) is 0 Å². The van der Waals surface area contributed by atoms with Crippen LogP contribution in [-0.2, 0) is 5.41 Å². The monoisotopic (exact) mass is 350 g/mol. The summed E-state index contributed by atoms with van der Waals surface area (Å²) in [6.45, 7) is 4.29. The van der Waals surface area contributed by atoms with E-state index in [-0.39, 0.29) is 5.41 Å². The second-order valence-corrected chi connectivity index (χ2v) is 7.85. The molecule has 3 heterocycles. The Morgan fingerprint density at radius 3 is 3.04 bits per heavy atom. The quantitative estimate of drug-likeness (QED) is 0.469. The fraction of sp³-hybridized carbons (Fsp3) is 0.400. The van der Waals surface area contributed by atoms with Crippen molar-refractivity contribution in [1.82, 2.24) is 14.9 Å². The van der Waals surface area contributed by atoms with E-state index in [9.17, 15) is 0 Å². The molecule has 0 unspecified atom stereocenters. The first-order chi connectivity index (χ1) is 12.1. The summed E-state index contributed by atoms with van der Waals surface area (Å²) < 4.78 is 0.563. The molecule has 1 aromatic carbocycles. The van der Waals surface area contributed by atoms with Crippen molar-refractivity contribution >= 4 is 17.9 Å². The Bertz CT molecular complexity index is 947. The fourth-order valence-corrected chi connectivity index (χ4v) is 5.67. The van der Waals surface area contributed by atoms with Crippen molar-refractivity contribution in [2.75, 3.05) is 18.8 Å². The molecule has 2 aliphatic heterocycles. The maximum absolute atomic E-state index is 6.46. The van der Waals surface area contributed by atoms with Crippen molar-refractivity contribution in [2.45, 2.75) is 37.1 Å². The molecule has 2 bridgehead atoms. The maximum Gasteiger partial charge on any atom is 0.196 e. The number of para-hydroxylation sites is 1. The van der Waals surface area contributed by atoms with Crippen molar-refractivity contribution < 1.29 is 0 Å². The number of aromatic nitrogens is 2. The zero-order valence-corrected chi connectivity index (χ0v) is 15.1. The van der Waals surface area contributed by atoms with Gasteiger partial charge in [0, 0.05) is 42.6 Å². The summed E-state index contributed by atoms with van der Waals surface area (Å²) in [5.41, 5.74) is 12.5. The van der Waals surface area contributed by atoms with Gasteiger partial charge in [0.2, 0.25) is 0 Å². The fourth-order valence-electron chi connectivity index (χ4n) is 5.51. The van der Waals surface area contributed by atoms with Crippen LogP contribution in [0.1, 0.15) is 42.5 Å². The number of H-pyrrole nitrogens is 1. The van der Waals surface area contributed by atoms with E-state index < -0.39 is 0 Å². The summed E-state index contributed by atoms with van der Waals surface area (Å²) in [6.07, 6.45) is 6.49. The number of hydrogen-bond donors (Lipinski definition) is 2. The lowest BCUT2D eigenvalue weighted by atomic mass is 9.60. The van der Waals surface area contributed by atoms with E-state index in [1.54, 1.807) is 0 Å². The number of allylic oxidation sites excluding steroid dienone is 1. The first-order valence-corrected chi connectivity index (χ1v) is 9.40. The van der Waals surface area contributed by atoms with Gasteiger partial charge in [-0.25, -0.2) is 4.98 Å². The smallest absolute Gasteiger partial charge is 0.196 e. The van der Waals surface area contributed by atoms with E-state index in [4.69, 9.17) is 18.0 Å². The Balaban J connectivity index is 1.86. The summed E-state index contributed by atoms with van der Waals surface area (Å²) in [6, 6.07) is 8.80. The molecule has 128 valence electrons. The maximum atomic E-state index is 6.46. The molecular weight excluding hydrogens is 328 g/mol. The zero-order valence-electron chi connectivity index (χ0n) is 14.3. The van der Waals surface area contributed by atoms with E-state index >= 15 is 0 Å². The molecule has 0 amide bonds. The Morgan fingerprint density at radius 2 is 2.24 bits per heavy atom. The standard InChI is InChI=1S/C20H22N4S/c1-2-12-11-24-8-7-20(15-5-3-4-6-16(15)21)17(24)9-13(12)14-10-22-19(25)23-18(14)20/h2-6,10,13,17H,7-9,11,21H2,1H3,(H,22,23,25)/b12-2-/t13-,17-,20+/m0/s1. The number of aromatic amines is 1. The number of nitrogen functional groups attached to an aromatic ring is 1. The molecule has 3 aliphatic rings. The number of rotatable bonds is 1. The second kappa shape index (κ2) is 5.26. The average molecular weight is 350 g/mol. The second-order valence-electron chi connectivity index (χ2n) is 7.47. The average Bonchev–Trinajstić information content (AvgIpc) is 3.03. The van der Waals surface area contributed by atoms with Crippen molar-refractivity contribution in [3.8, 4) is 0 Å². The van der Waals surface area contributed by atoms with Gasteiger partial charge < -0.3 is 10.7 Å². The number of benzene rings is 1. The van der Waals surface area contributed by atoms with Crippen LogP contribution in [0.5, 0.6) is 0 Å². The van der Waals surface area contributed by atoms with Gasteiger partial charge in [0.15, 0.2) is 4.77 Å². The van der Waals surface area contributed by atoms with Crippen molar-refractivity contribution in [1.29, 1.82) is 0 Å². The predicted molar refractivity (Wildman–Crippen MR) is 102 cm³/mol. The third-order valence-corrected chi connectivity index (χ3v) is 6.78. The van der Waals surface area contributed by atoms with Gasteiger partial charge in [-0.3, -0.25) is 4.90 Å². The Labute approximate surface area is 152 Å². The number of fused-ring (bicyclic) bond motifs is 4. The van der Waals surface area contributed by atoms with Crippen LogP contribution in [0.4, 0.5) is 5.69 Å². The topological polar surface area (TPSA) is 57.9 Å². The zero-order chi connectivity index (χ0) is 17.2. The van der Waals surface area contributed by atoms with E-state index in [1.165, 1.54) is 22.4 Å². The van der Waals surface area contributed by atoms with Gasteiger partial charge in [0.05, 0.1) is 5.41 Å². The number of nitrogens with one attached hydrogen (secondary N) is 1. The summed E-state index contributed by atoms with van der Waals surface area (Å²) in [5, 5.41) is 0. The van der Waals surface area contributed by atoms with Gasteiger partial charge >= 0.3 is 0 Å². The molecule has 25 heavy (non-hydrogen) atoms. The van der Waals surface area contributed by atoms with Crippen LogP contribution in [0.25, 0.3) is 0 Å². The van der Waals surface area contributed by atoms with Crippen LogP contribution in [0.15, 0.2) is 42.1 Å². The number of hydrogen-bond acceptors (Lipinski definition) is 4. The summed E-state index contributed by atoms with van der Waals surface area (Å²) in [5.74, 6) is 0.441. The molecular formula is C20H22N4S. The Hall–Kier alpha value is -1.98. The number of nitrogens with zero attached hydrogens (tertiary/aromatic N) is 2. The van der Waals surface area contributed by atoms with Crippen LogP contribution in [-0.4, -0.2) is 34.0 Å². The molecule has 1 aliphatic carbocycles. The summed E-state index contributed by atoms with van der Waals surface area (Å²) >= 11 is 5.41. The minimum atomic E-state index is -0.104. The highest BCUT2D eigenvalue weighted by atomic mass is 32.1. The lowest BCUT2D eigenvalue weighted by Crippen LogP contribution is -2.52. The molecule has 0 spiro atoms. The van der Waals surface area contributed by atoms with Crippen LogP contribution in [0, 0.1) is 4.77 Å². The first kappa shape index (κ1) is 15.3. The lowest BCUT2D eigenvalue weighted by molar-refractivity contribution is 0.171. The van der Waals surface area contributed by atoms with Gasteiger partial charge in [0.25, 0.3) is 0 Å². The SMILES string of the molecule is C/C=C1/CN2CC[C@]3(c4ccccc4N)c4[nH]c(=S)ncc4[C@H]1C[C@H]23. The lowest BCUT2D eigenvalue weighted by Gasteiger charge is -2.50. The van der Waals surface area contributed by atoms with Crippen LogP contribution in [0.2, 0.25) is 0 Å². The molecule has 3 atom stereocenters. The van der Waals surface area contributed by atoms with E-state index in [2.05, 4.69) is 40.0 Å². The molecule has 2 saturated heterocycles. The van der Waals surface area contributed by atoms with E-state index in [0.29, 0.717) is 16.7 Å². The Kier molecular flexibility index (Phi) is 3.21. The third kappa shape index (κ3) is 1.91. The summed E-state index contributed by atoms with van der Waals surface area (Å²) in [7, 11) is 0. The largest absolute Gasteiger partial charge is 0.398 e. The van der Waals surface area contributed by atoms with E-state index in [0.717, 1.165) is 31.6 Å². The number of piperidine rings is 1. The predicted octanol–water partition coefficient (Wildman–Crippen LogP) is 3.53. The number of nitrogens with two attached hydrogens (primary N) is 1. The van der Waals surface area contributed by atoms with Crippen LogP contribution < -0.4 is 5.73 Å². The van der Waals surface area contributed by atoms with Gasteiger partial charge in [-0.05, 0) is 49.2 Å². The first-order valence-electron chi connectivity index (χ1n) is 8.99. The molecule has 3 N–H and O–H groups in total. The van der Waals surface area contributed by atoms with Crippen molar-refractivity contribution in [3.63, 3.8) is 0 Å². The van der Waals surface area contributed by atoms with Gasteiger partial charge in [-0.15, -0.1) is 0 Å². The highest BCUT2D eigenvalue weighted by Gasteiger charge is 2.58. The number of anilines is 1. The van der Waals surface area contributed by atoms with Gasteiger partial charge in [-0.2, -0.15) is 0 Å². The highest BCUT2D eigenvalue weighted by molar-refractivity contribution is 7.71. The molecule has 5 rings (SSSR count). The molecule has 4 nitrogen and oxygen atoms in total. The Morgan fingerprint density at radius 1 is 1.40 bits per heavy atom. The van der Waals surface area contributed by atoms with Gasteiger partial charge in [-0.1, -0.05) is 29.8 Å². The van der Waals surface area contributed by atoms with Gasteiger partial charge in [0.1, 0.15) is 0 Å². The van der Waals surface area contributed by atoms with Crippen molar-refractivity contribution in [3.05, 3.63) is 63.7 Å². The van der Waals surface area contributed by atoms with E-state index in [1.807, 2.05) is 18.3 Å².